The normalized spacial score (nSPS) is 37.2. The smallest absolute Gasteiger partial charge is 0.0626 e. The summed E-state index contributed by atoms with van der Waals surface area (Å²) in [6, 6.07) is 0. The van der Waals surface area contributed by atoms with Crippen molar-refractivity contribution in [1.29, 1.82) is 0 Å². The van der Waals surface area contributed by atoms with Crippen molar-refractivity contribution in [2.24, 2.45) is 5.92 Å². The van der Waals surface area contributed by atoms with E-state index in [1.54, 1.807) is 7.11 Å². The lowest BCUT2D eigenvalue weighted by Crippen LogP contribution is -2.37. The summed E-state index contributed by atoms with van der Waals surface area (Å²) in [6.07, 6.45) is 3.24. The van der Waals surface area contributed by atoms with Crippen molar-refractivity contribution in [3.8, 4) is 0 Å². The zero-order valence-corrected chi connectivity index (χ0v) is 8.54. The molecule has 2 nitrogen and oxygen atoms in total. The summed E-state index contributed by atoms with van der Waals surface area (Å²) in [5.41, 5.74) is 0. The van der Waals surface area contributed by atoms with E-state index >= 15 is 0 Å². The van der Waals surface area contributed by atoms with Crippen LogP contribution in [0.3, 0.4) is 0 Å². The van der Waals surface area contributed by atoms with E-state index < -0.39 is 0 Å². The van der Waals surface area contributed by atoms with Crippen molar-refractivity contribution in [1.82, 2.24) is 0 Å². The van der Waals surface area contributed by atoms with Crippen LogP contribution in [0.2, 0.25) is 0 Å². The molecule has 0 amide bonds. The second kappa shape index (κ2) is 4.24. The molecule has 0 unspecified atom stereocenters. The Balaban J connectivity index is 2.45. The molecule has 1 aliphatic rings. The first kappa shape index (κ1) is 10.0. The van der Waals surface area contributed by atoms with Crippen molar-refractivity contribution >= 4 is 0 Å². The van der Waals surface area contributed by atoms with Crippen LogP contribution >= 0.6 is 0 Å². The Morgan fingerprint density at radius 1 is 1.33 bits per heavy atom. The molecule has 0 bridgehead atoms. The fraction of sp³-hybridized carbons (Fsp3) is 1.00. The number of hydrogen-bond donors (Lipinski definition) is 0. The SMILES string of the molecule is CO[C@@H]1C[C@H](C)O[C@@H](C(C)C)C1. The summed E-state index contributed by atoms with van der Waals surface area (Å²) < 4.78 is 11.2. The number of hydrogen-bond acceptors (Lipinski definition) is 2. The first-order valence-electron chi connectivity index (χ1n) is 4.81. The lowest BCUT2D eigenvalue weighted by Gasteiger charge is -2.35. The number of ether oxygens (including phenoxy) is 2. The van der Waals surface area contributed by atoms with Crippen LogP contribution in [0, 0.1) is 5.92 Å². The highest BCUT2D eigenvalue weighted by Gasteiger charge is 2.28. The van der Waals surface area contributed by atoms with E-state index in [2.05, 4.69) is 20.8 Å². The van der Waals surface area contributed by atoms with Crippen LogP contribution in [-0.4, -0.2) is 25.4 Å². The molecule has 1 heterocycles. The fourth-order valence-corrected chi connectivity index (χ4v) is 1.76. The topological polar surface area (TPSA) is 18.5 Å². The molecule has 0 aliphatic carbocycles. The highest BCUT2D eigenvalue weighted by molar-refractivity contribution is 4.77. The highest BCUT2D eigenvalue weighted by Crippen LogP contribution is 2.25. The van der Waals surface area contributed by atoms with Crippen LogP contribution in [0.4, 0.5) is 0 Å². The molecule has 0 radical (unpaired) electrons. The van der Waals surface area contributed by atoms with Gasteiger partial charge in [-0.1, -0.05) is 13.8 Å². The van der Waals surface area contributed by atoms with Gasteiger partial charge in [-0.15, -0.1) is 0 Å². The number of methoxy groups -OCH3 is 1. The Bertz CT molecular complexity index is 134. The Labute approximate surface area is 75.2 Å². The molecule has 0 aromatic rings. The summed E-state index contributed by atoms with van der Waals surface area (Å²) in [5, 5.41) is 0. The quantitative estimate of drug-likeness (QED) is 0.636. The second-order valence-corrected chi connectivity index (χ2v) is 4.06. The van der Waals surface area contributed by atoms with E-state index in [1.165, 1.54) is 0 Å². The van der Waals surface area contributed by atoms with Gasteiger partial charge in [-0.3, -0.25) is 0 Å². The maximum Gasteiger partial charge on any atom is 0.0626 e. The predicted molar refractivity (Wildman–Crippen MR) is 49.2 cm³/mol. The highest BCUT2D eigenvalue weighted by atomic mass is 16.5. The maximum atomic E-state index is 5.80. The van der Waals surface area contributed by atoms with Gasteiger partial charge in [-0.25, -0.2) is 0 Å². The first-order valence-corrected chi connectivity index (χ1v) is 4.81. The molecule has 3 atom stereocenters. The van der Waals surface area contributed by atoms with Gasteiger partial charge in [0.15, 0.2) is 0 Å². The summed E-state index contributed by atoms with van der Waals surface area (Å²) in [5.74, 6) is 0.602. The van der Waals surface area contributed by atoms with Crippen molar-refractivity contribution in [2.75, 3.05) is 7.11 Å². The van der Waals surface area contributed by atoms with E-state index in [0.29, 0.717) is 24.2 Å². The van der Waals surface area contributed by atoms with Gasteiger partial charge in [0.05, 0.1) is 18.3 Å². The van der Waals surface area contributed by atoms with Gasteiger partial charge in [-0.2, -0.15) is 0 Å². The molecule has 72 valence electrons. The monoisotopic (exact) mass is 172 g/mol. The van der Waals surface area contributed by atoms with Gasteiger partial charge in [0, 0.05) is 13.5 Å². The largest absolute Gasteiger partial charge is 0.381 e. The molecular weight excluding hydrogens is 152 g/mol. The summed E-state index contributed by atoms with van der Waals surface area (Å²) >= 11 is 0. The van der Waals surface area contributed by atoms with E-state index in [1.807, 2.05) is 0 Å². The van der Waals surface area contributed by atoms with Crippen LogP contribution < -0.4 is 0 Å². The standard InChI is InChI=1S/C10H20O2/c1-7(2)10-6-9(11-4)5-8(3)12-10/h7-10H,5-6H2,1-4H3/t8-,9+,10+/m0/s1. The van der Waals surface area contributed by atoms with Crippen LogP contribution in [0.1, 0.15) is 33.6 Å². The molecular formula is C10H20O2. The molecule has 0 aromatic heterocycles. The molecule has 1 fully saturated rings. The molecule has 0 spiro atoms. The summed E-state index contributed by atoms with van der Waals surface area (Å²) in [7, 11) is 1.79. The zero-order valence-electron chi connectivity index (χ0n) is 8.54. The summed E-state index contributed by atoms with van der Waals surface area (Å²) in [6.45, 7) is 6.53. The minimum Gasteiger partial charge on any atom is -0.381 e. The van der Waals surface area contributed by atoms with Gasteiger partial charge < -0.3 is 9.47 Å². The Hall–Kier alpha value is -0.0800. The molecule has 0 saturated carbocycles. The van der Waals surface area contributed by atoms with Crippen molar-refractivity contribution in [3.05, 3.63) is 0 Å². The third-order valence-corrected chi connectivity index (χ3v) is 2.57. The molecule has 2 heteroatoms. The lowest BCUT2D eigenvalue weighted by molar-refractivity contribution is -0.114. The van der Waals surface area contributed by atoms with Crippen molar-refractivity contribution in [2.45, 2.75) is 51.9 Å². The van der Waals surface area contributed by atoms with E-state index in [9.17, 15) is 0 Å². The Morgan fingerprint density at radius 3 is 2.50 bits per heavy atom. The van der Waals surface area contributed by atoms with Gasteiger partial charge >= 0.3 is 0 Å². The van der Waals surface area contributed by atoms with E-state index in [0.717, 1.165) is 12.8 Å². The molecule has 0 aromatic carbocycles. The van der Waals surface area contributed by atoms with Crippen LogP contribution in [-0.2, 0) is 9.47 Å². The van der Waals surface area contributed by atoms with Gasteiger partial charge in [-0.05, 0) is 19.3 Å². The number of rotatable bonds is 2. The lowest BCUT2D eigenvalue weighted by atomic mass is 9.94. The third-order valence-electron chi connectivity index (χ3n) is 2.57. The Morgan fingerprint density at radius 2 is 2.00 bits per heavy atom. The van der Waals surface area contributed by atoms with Crippen LogP contribution in [0.5, 0.6) is 0 Å². The van der Waals surface area contributed by atoms with Gasteiger partial charge in [0.1, 0.15) is 0 Å². The average Bonchev–Trinajstić information content (AvgIpc) is 2.03. The molecule has 1 aliphatic heterocycles. The molecule has 0 N–H and O–H groups in total. The minimum absolute atomic E-state index is 0.357. The van der Waals surface area contributed by atoms with Gasteiger partial charge in [0.2, 0.25) is 0 Å². The minimum atomic E-state index is 0.357. The average molecular weight is 172 g/mol. The van der Waals surface area contributed by atoms with Crippen LogP contribution in [0.25, 0.3) is 0 Å². The molecule has 1 rings (SSSR count). The summed E-state index contributed by atoms with van der Waals surface area (Å²) in [4.78, 5) is 0. The second-order valence-electron chi connectivity index (χ2n) is 4.06. The third kappa shape index (κ3) is 2.46. The Kier molecular flexibility index (Phi) is 3.53. The van der Waals surface area contributed by atoms with Crippen molar-refractivity contribution in [3.63, 3.8) is 0 Å². The molecule has 1 saturated heterocycles. The fourth-order valence-electron chi connectivity index (χ4n) is 1.76. The zero-order chi connectivity index (χ0) is 9.14. The van der Waals surface area contributed by atoms with Gasteiger partial charge in [0.25, 0.3) is 0 Å². The maximum absolute atomic E-state index is 5.80. The van der Waals surface area contributed by atoms with Crippen LogP contribution in [0.15, 0.2) is 0 Å². The predicted octanol–water partition coefficient (Wildman–Crippen LogP) is 2.22. The van der Waals surface area contributed by atoms with E-state index in [4.69, 9.17) is 9.47 Å². The molecule has 12 heavy (non-hydrogen) atoms. The van der Waals surface area contributed by atoms with Crippen molar-refractivity contribution < 1.29 is 9.47 Å². The van der Waals surface area contributed by atoms with E-state index in [-0.39, 0.29) is 0 Å². The first-order chi connectivity index (χ1) is 5.63.